The quantitative estimate of drug-likeness (QED) is 0.649. The minimum atomic E-state index is -1.03. The van der Waals surface area contributed by atoms with E-state index in [-0.39, 0.29) is 11.9 Å². The van der Waals surface area contributed by atoms with Crippen LogP contribution in [0.4, 0.5) is 0 Å². The monoisotopic (exact) mass is 425 g/mol. The van der Waals surface area contributed by atoms with E-state index in [0.29, 0.717) is 25.1 Å². The van der Waals surface area contributed by atoms with Gasteiger partial charge in [0.25, 0.3) is 5.91 Å². The number of aliphatic hydroxyl groups is 1. The molecule has 0 radical (unpaired) electrons. The first-order valence-corrected chi connectivity index (χ1v) is 11.0. The maximum absolute atomic E-state index is 13.0. The zero-order chi connectivity index (χ0) is 21.3. The summed E-state index contributed by atoms with van der Waals surface area (Å²) in [6.07, 6.45) is 0.554. The lowest BCUT2D eigenvalue weighted by molar-refractivity contribution is -0.0657. The van der Waals surface area contributed by atoms with Crippen molar-refractivity contribution >= 4 is 17.2 Å². The number of thiophene rings is 1. The second-order valence-electron chi connectivity index (χ2n) is 8.16. The molecule has 30 heavy (non-hydrogen) atoms. The van der Waals surface area contributed by atoms with E-state index < -0.39 is 11.6 Å². The number of aromatic nitrogens is 1. The highest BCUT2D eigenvalue weighted by Crippen LogP contribution is 2.40. The highest BCUT2D eigenvalue weighted by Gasteiger charge is 2.46. The fraction of sp³-hybridized carbons (Fsp3) is 0.391. The fourth-order valence-electron chi connectivity index (χ4n) is 4.18. The molecule has 7 heteroatoms. The van der Waals surface area contributed by atoms with Gasteiger partial charge < -0.3 is 14.9 Å². The Bertz CT molecular complexity index is 979. The molecular formula is C23H27N3O3S. The number of carbonyl (C=O) groups excluding carboxylic acids is 1. The number of rotatable bonds is 5. The van der Waals surface area contributed by atoms with Crippen molar-refractivity contribution in [2.24, 2.45) is 0 Å². The summed E-state index contributed by atoms with van der Waals surface area (Å²) < 4.78 is 5.36. The van der Waals surface area contributed by atoms with E-state index in [1.165, 1.54) is 0 Å². The molecule has 0 aliphatic carbocycles. The van der Waals surface area contributed by atoms with E-state index in [9.17, 15) is 9.90 Å². The maximum atomic E-state index is 13.0. The number of carbonyl (C=O) groups is 1. The molecule has 1 saturated heterocycles. The third-order valence-corrected chi connectivity index (χ3v) is 6.93. The number of amides is 1. The fourth-order valence-corrected chi connectivity index (χ4v) is 5.07. The van der Waals surface area contributed by atoms with Gasteiger partial charge in [0, 0.05) is 29.1 Å². The van der Waals surface area contributed by atoms with Crippen molar-refractivity contribution in [2.75, 3.05) is 6.54 Å². The van der Waals surface area contributed by atoms with Gasteiger partial charge in [0.1, 0.15) is 5.76 Å². The Hall–Kier alpha value is -2.48. The minimum Gasteiger partial charge on any atom is -0.388 e. The van der Waals surface area contributed by atoms with Crippen molar-refractivity contribution < 1.29 is 14.4 Å². The summed E-state index contributed by atoms with van der Waals surface area (Å²) in [7, 11) is 0. The highest BCUT2D eigenvalue weighted by atomic mass is 32.1. The molecule has 1 aliphatic rings. The number of benzene rings is 1. The lowest BCUT2D eigenvalue weighted by Crippen LogP contribution is -2.62. The van der Waals surface area contributed by atoms with Gasteiger partial charge in [-0.15, -0.1) is 11.3 Å². The van der Waals surface area contributed by atoms with E-state index >= 15 is 0 Å². The standard InChI is InChI=1S/C23H27N3O3S/c1-15-18(16(2)29-25-15)14-26-12-11-23(3,28)21(20(26)19-10-7-13-30-19)24-22(27)17-8-5-4-6-9-17/h4-10,13,20-21,28H,11-12,14H2,1-3H3,(H,24,27)/t20-,21-,23+/m0/s1. The van der Waals surface area contributed by atoms with Gasteiger partial charge in [0.05, 0.1) is 23.4 Å². The predicted octanol–water partition coefficient (Wildman–Crippen LogP) is 3.85. The summed E-state index contributed by atoms with van der Waals surface area (Å²) in [5.74, 6) is 0.626. The van der Waals surface area contributed by atoms with E-state index in [4.69, 9.17) is 4.52 Å². The van der Waals surface area contributed by atoms with Gasteiger partial charge in [0.2, 0.25) is 0 Å². The molecule has 1 amide bonds. The molecule has 2 N–H and O–H groups in total. The Balaban J connectivity index is 1.68. The Kier molecular flexibility index (Phi) is 5.77. The molecule has 1 aliphatic heterocycles. The number of nitrogens with one attached hydrogen (secondary N) is 1. The van der Waals surface area contributed by atoms with Crippen LogP contribution < -0.4 is 5.32 Å². The third-order valence-electron chi connectivity index (χ3n) is 5.98. The van der Waals surface area contributed by atoms with Gasteiger partial charge in [0.15, 0.2) is 0 Å². The number of hydrogen-bond acceptors (Lipinski definition) is 6. The van der Waals surface area contributed by atoms with Gasteiger partial charge in [-0.1, -0.05) is 29.4 Å². The predicted molar refractivity (Wildman–Crippen MR) is 116 cm³/mol. The zero-order valence-electron chi connectivity index (χ0n) is 17.5. The molecular weight excluding hydrogens is 398 g/mol. The molecule has 1 fully saturated rings. The molecule has 3 aromatic rings. The van der Waals surface area contributed by atoms with Crippen LogP contribution in [0.5, 0.6) is 0 Å². The molecule has 0 bridgehead atoms. The largest absolute Gasteiger partial charge is 0.388 e. The van der Waals surface area contributed by atoms with Gasteiger partial charge in [-0.05, 0) is 50.8 Å². The van der Waals surface area contributed by atoms with Crippen LogP contribution in [-0.2, 0) is 6.54 Å². The number of nitrogens with zero attached hydrogens (tertiary/aromatic N) is 2. The van der Waals surface area contributed by atoms with Gasteiger partial charge in [-0.25, -0.2) is 0 Å². The summed E-state index contributed by atoms with van der Waals surface area (Å²) in [5, 5.41) is 20.5. The molecule has 0 spiro atoms. The molecule has 3 atom stereocenters. The zero-order valence-corrected chi connectivity index (χ0v) is 18.3. The second-order valence-corrected chi connectivity index (χ2v) is 9.14. The van der Waals surface area contributed by atoms with Crippen LogP contribution in [-0.4, -0.2) is 39.3 Å². The van der Waals surface area contributed by atoms with Crippen molar-refractivity contribution in [1.29, 1.82) is 0 Å². The van der Waals surface area contributed by atoms with Crippen LogP contribution in [0.3, 0.4) is 0 Å². The lowest BCUT2D eigenvalue weighted by atomic mass is 9.81. The summed E-state index contributed by atoms with van der Waals surface area (Å²) in [6, 6.07) is 12.6. The number of aryl methyl sites for hydroxylation is 2. The molecule has 4 rings (SSSR count). The number of hydrogen-bond donors (Lipinski definition) is 2. The third kappa shape index (κ3) is 4.05. The summed E-state index contributed by atoms with van der Waals surface area (Å²) in [4.78, 5) is 16.4. The van der Waals surface area contributed by atoms with E-state index in [0.717, 1.165) is 21.9 Å². The van der Waals surface area contributed by atoms with Crippen molar-refractivity contribution in [3.63, 3.8) is 0 Å². The summed E-state index contributed by atoms with van der Waals surface area (Å²) in [5.41, 5.74) is 1.49. The Labute approximate surface area is 180 Å². The van der Waals surface area contributed by atoms with Crippen LogP contribution in [0.1, 0.15) is 51.6 Å². The van der Waals surface area contributed by atoms with Crippen molar-refractivity contribution in [3.05, 3.63) is 75.3 Å². The smallest absolute Gasteiger partial charge is 0.251 e. The first-order valence-electron chi connectivity index (χ1n) is 10.1. The lowest BCUT2D eigenvalue weighted by Gasteiger charge is -2.48. The summed E-state index contributed by atoms with van der Waals surface area (Å²) >= 11 is 1.64. The Morgan fingerprint density at radius 2 is 2.07 bits per heavy atom. The second kappa shape index (κ2) is 8.34. The van der Waals surface area contributed by atoms with Gasteiger partial charge in [-0.2, -0.15) is 0 Å². The van der Waals surface area contributed by atoms with Crippen LogP contribution >= 0.6 is 11.3 Å². The van der Waals surface area contributed by atoms with E-state index in [1.807, 2.05) is 50.4 Å². The highest BCUT2D eigenvalue weighted by molar-refractivity contribution is 7.10. The SMILES string of the molecule is Cc1noc(C)c1CN1CC[C@@](C)(O)[C@@H](NC(=O)c2ccccc2)[C@@H]1c1cccs1. The number of piperidine rings is 1. The molecule has 0 unspecified atom stereocenters. The average molecular weight is 426 g/mol. The topological polar surface area (TPSA) is 78.6 Å². The maximum Gasteiger partial charge on any atom is 0.251 e. The van der Waals surface area contributed by atoms with E-state index in [2.05, 4.69) is 21.4 Å². The number of likely N-dealkylation sites (tertiary alicyclic amines) is 1. The first kappa shape index (κ1) is 20.8. The molecule has 3 heterocycles. The molecule has 6 nitrogen and oxygen atoms in total. The van der Waals surface area contributed by atoms with Gasteiger partial charge >= 0.3 is 0 Å². The Morgan fingerprint density at radius 3 is 2.70 bits per heavy atom. The van der Waals surface area contributed by atoms with Crippen molar-refractivity contribution in [1.82, 2.24) is 15.4 Å². The van der Waals surface area contributed by atoms with Crippen molar-refractivity contribution in [2.45, 2.75) is 51.4 Å². The molecule has 2 aromatic heterocycles. The normalized spacial score (nSPS) is 24.7. The average Bonchev–Trinajstić information content (AvgIpc) is 3.37. The van der Waals surface area contributed by atoms with Crippen LogP contribution in [0, 0.1) is 13.8 Å². The summed E-state index contributed by atoms with van der Waals surface area (Å²) in [6.45, 7) is 7.04. The molecule has 158 valence electrons. The van der Waals surface area contributed by atoms with Crippen LogP contribution in [0.15, 0.2) is 52.4 Å². The van der Waals surface area contributed by atoms with Crippen LogP contribution in [0.2, 0.25) is 0 Å². The van der Waals surface area contributed by atoms with Crippen molar-refractivity contribution in [3.8, 4) is 0 Å². The minimum absolute atomic E-state index is 0.157. The van der Waals surface area contributed by atoms with Crippen LogP contribution in [0.25, 0.3) is 0 Å². The Morgan fingerprint density at radius 1 is 1.30 bits per heavy atom. The molecule has 1 aromatic carbocycles. The molecule has 0 saturated carbocycles. The first-order chi connectivity index (χ1) is 14.4. The van der Waals surface area contributed by atoms with E-state index in [1.54, 1.807) is 23.5 Å². The van der Waals surface area contributed by atoms with Gasteiger partial charge in [-0.3, -0.25) is 9.69 Å².